The molecule has 0 aliphatic heterocycles. The highest BCUT2D eigenvalue weighted by molar-refractivity contribution is 5.86. The van der Waals surface area contributed by atoms with Crippen molar-refractivity contribution in [3.8, 4) is 0 Å². The van der Waals surface area contributed by atoms with Gasteiger partial charge in [0.2, 0.25) is 0 Å². The SMILES string of the molecule is C=C(Cn1c(=O)[nH]c(=O)c2ccccc21)C(=O)O. The highest BCUT2D eigenvalue weighted by Crippen LogP contribution is 2.08. The van der Waals surface area contributed by atoms with E-state index in [4.69, 9.17) is 5.11 Å². The molecule has 0 unspecified atom stereocenters. The lowest BCUT2D eigenvalue weighted by atomic mass is 10.2. The number of rotatable bonds is 3. The monoisotopic (exact) mass is 246 g/mol. The highest BCUT2D eigenvalue weighted by atomic mass is 16.4. The first kappa shape index (κ1) is 11.8. The molecule has 0 radical (unpaired) electrons. The second-order valence-corrected chi connectivity index (χ2v) is 3.77. The maximum atomic E-state index is 11.7. The molecule has 0 bridgehead atoms. The van der Waals surface area contributed by atoms with Crippen LogP contribution in [0.4, 0.5) is 0 Å². The van der Waals surface area contributed by atoms with Crippen molar-refractivity contribution in [3.05, 3.63) is 57.3 Å². The van der Waals surface area contributed by atoms with Crippen LogP contribution in [0.2, 0.25) is 0 Å². The van der Waals surface area contributed by atoms with E-state index in [0.717, 1.165) is 0 Å². The van der Waals surface area contributed by atoms with Gasteiger partial charge in [0.15, 0.2) is 0 Å². The van der Waals surface area contributed by atoms with Crippen molar-refractivity contribution in [2.45, 2.75) is 6.54 Å². The average molecular weight is 246 g/mol. The van der Waals surface area contributed by atoms with Gasteiger partial charge in [-0.2, -0.15) is 0 Å². The Morgan fingerprint density at radius 2 is 2.00 bits per heavy atom. The highest BCUT2D eigenvalue weighted by Gasteiger charge is 2.10. The van der Waals surface area contributed by atoms with Gasteiger partial charge in [-0.1, -0.05) is 18.7 Å². The van der Waals surface area contributed by atoms with Crippen molar-refractivity contribution in [2.75, 3.05) is 0 Å². The molecule has 2 rings (SSSR count). The van der Waals surface area contributed by atoms with E-state index >= 15 is 0 Å². The molecule has 0 aliphatic carbocycles. The van der Waals surface area contributed by atoms with Gasteiger partial charge in [0.25, 0.3) is 5.56 Å². The number of hydrogen-bond donors (Lipinski definition) is 2. The lowest BCUT2D eigenvalue weighted by molar-refractivity contribution is -0.132. The van der Waals surface area contributed by atoms with E-state index in [9.17, 15) is 14.4 Å². The summed E-state index contributed by atoms with van der Waals surface area (Å²) in [6.07, 6.45) is 0. The van der Waals surface area contributed by atoms with Gasteiger partial charge in [-0.25, -0.2) is 9.59 Å². The average Bonchev–Trinajstić information content (AvgIpc) is 2.34. The third-order valence-corrected chi connectivity index (χ3v) is 2.56. The van der Waals surface area contributed by atoms with E-state index in [1.165, 1.54) is 4.57 Å². The van der Waals surface area contributed by atoms with Crippen molar-refractivity contribution >= 4 is 16.9 Å². The van der Waals surface area contributed by atoms with Crippen molar-refractivity contribution in [1.29, 1.82) is 0 Å². The number of hydrogen-bond acceptors (Lipinski definition) is 3. The fourth-order valence-electron chi connectivity index (χ4n) is 1.66. The Kier molecular flexibility index (Phi) is 2.85. The number of carboxylic acids is 1. The van der Waals surface area contributed by atoms with Crippen LogP contribution in [0, 0.1) is 0 Å². The first-order valence-electron chi connectivity index (χ1n) is 5.13. The van der Waals surface area contributed by atoms with E-state index in [2.05, 4.69) is 11.6 Å². The van der Waals surface area contributed by atoms with Gasteiger partial charge in [0.05, 0.1) is 17.4 Å². The zero-order valence-corrected chi connectivity index (χ0v) is 9.34. The third kappa shape index (κ3) is 1.95. The number of carboxylic acid groups (broad SMARTS) is 1. The summed E-state index contributed by atoms with van der Waals surface area (Å²) in [4.78, 5) is 36.1. The van der Waals surface area contributed by atoms with E-state index in [-0.39, 0.29) is 12.1 Å². The summed E-state index contributed by atoms with van der Waals surface area (Å²) in [5, 5.41) is 9.10. The van der Waals surface area contributed by atoms with Crippen LogP contribution in [0.1, 0.15) is 0 Å². The van der Waals surface area contributed by atoms with E-state index in [1.54, 1.807) is 24.3 Å². The summed E-state index contributed by atoms with van der Waals surface area (Å²) in [5.74, 6) is -1.18. The van der Waals surface area contributed by atoms with Crippen molar-refractivity contribution in [3.63, 3.8) is 0 Å². The zero-order valence-electron chi connectivity index (χ0n) is 9.34. The van der Waals surface area contributed by atoms with Crippen molar-refractivity contribution < 1.29 is 9.90 Å². The Bertz CT molecular complexity index is 754. The maximum Gasteiger partial charge on any atom is 0.332 e. The Morgan fingerprint density at radius 1 is 1.33 bits per heavy atom. The number of nitrogens with one attached hydrogen (secondary N) is 1. The van der Waals surface area contributed by atoms with Crippen LogP contribution in [-0.4, -0.2) is 20.6 Å². The number of para-hydroxylation sites is 1. The van der Waals surface area contributed by atoms with Crippen LogP contribution in [0.3, 0.4) is 0 Å². The minimum absolute atomic E-state index is 0.130. The summed E-state index contributed by atoms with van der Waals surface area (Å²) in [7, 11) is 0. The molecule has 1 aromatic carbocycles. The summed E-state index contributed by atoms with van der Waals surface area (Å²) in [6.45, 7) is 3.19. The molecule has 0 aliphatic rings. The number of benzene rings is 1. The molecule has 1 heterocycles. The topological polar surface area (TPSA) is 92.2 Å². The number of nitrogens with zero attached hydrogens (tertiary/aromatic N) is 1. The number of carbonyl (C=O) groups is 1. The Labute approximate surface area is 101 Å². The molecule has 92 valence electrons. The molecule has 1 aromatic heterocycles. The molecule has 2 N–H and O–H groups in total. The third-order valence-electron chi connectivity index (χ3n) is 2.56. The molecule has 0 saturated heterocycles. The number of aliphatic carboxylic acids is 1. The molecular weight excluding hydrogens is 236 g/mol. The van der Waals surface area contributed by atoms with Gasteiger partial charge in [0, 0.05) is 5.57 Å². The minimum atomic E-state index is -1.18. The van der Waals surface area contributed by atoms with Gasteiger partial charge in [-0.05, 0) is 12.1 Å². The summed E-state index contributed by atoms with van der Waals surface area (Å²) in [6, 6.07) is 6.48. The second-order valence-electron chi connectivity index (χ2n) is 3.77. The number of fused-ring (bicyclic) bond motifs is 1. The predicted octanol–water partition coefficient (Wildman–Crippen LogP) is 0.331. The van der Waals surface area contributed by atoms with Crippen LogP contribution in [0.5, 0.6) is 0 Å². The van der Waals surface area contributed by atoms with Crippen LogP contribution in [0.15, 0.2) is 46.0 Å². The molecule has 0 atom stereocenters. The molecule has 0 fully saturated rings. The van der Waals surface area contributed by atoms with E-state index < -0.39 is 17.2 Å². The normalized spacial score (nSPS) is 10.4. The van der Waals surface area contributed by atoms with E-state index in [0.29, 0.717) is 10.9 Å². The lowest BCUT2D eigenvalue weighted by Crippen LogP contribution is -2.31. The fourth-order valence-corrected chi connectivity index (χ4v) is 1.66. The molecule has 2 aromatic rings. The van der Waals surface area contributed by atoms with Gasteiger partial charge in [0.1, 0.15) is 0 Å². The number of aromatic nitrogens is 2. The van der Waals surface area contributed by atoms with Crippen LogP contribution in [-0.2, 0) is 11.3 Å². The quantitative estimate of drug-likeness (QED) is 0.763. The Balaban J connectivity index is 2.71. The molecule has 18 heavy (non-hydrogen) atoms. The van der Waals surface area contributed by atoms with Gasteiger partial charge in [-0.15, -0.1) is 0 Å². The fraction of sp³-hybridized carbons (Fsp3) is 0.0833. The number of aromatic amines is 1. The molecule has 0 spiro atoms. The lowest BCUT2D eigenvalue weighted by Gasteiger charge is -2.08. The maximum absolute atomic E-state index is 11.7. The predicted molar refractivity (Wildman–Crippen MR) is 65.6 cm³/mol. The first-order valence-corrected chi connectivity index (χ1v) is 5.13. The second kappa shape index (κ2) is 4.33. The van der Waals surface area contributed by atoms with Crippen LogP contribution >= 0.6 is 0 Å². The summed E-state index contributed by atoms with van der Waals surface area (Å²) < 4.78 is 1.17. The summed E-state index contributed by atoms with van der Waals surface area (Å²) in [5.41, 5.74) is -0.892. The van der Waals surface area contributed by atoms with Crippen molar-refractivity contribution in [2.24, 2.45) is 0 Å². The molecule has 0 saturated carbocycles. The summed E-state index contributed by atoms with van der Waals surface area (Å²) >= 11 is 0. The standard InChI is InChI=1S/C12H10N2O4/c1-7(11(16)17)6-14-9-5-3-2-4-8(9)10(15)13-12(14)18/h2-5H,1,6H2,(H,16,17)(H,13,15,18). The minimum Gasteiger partial charge on any atom is -0.478 e. The molecule has 6 heteroatoms. The molecule has 0 amide bonds. The largest absolute Gasteiger partial charge is 0.478 e. The van der Waals surface area contributed by atoms with Gasteiger partial charge in [-0.3, -0.25) is 14.3 Å². The number of H-pyrrole nitrogens is 1. The van der Waals surface area contributed by atoms with Crippen LogP contribution < -0.4 is 11.2 Å². The Hall–Kier alpha value is -2.63. The smallest absolute Gasteiger partial charge is 0.332 e. The molecular formula is C12H10N2O4. The molecule has 6 nitrogen and oxygen atoms in total. The van der Waals surface area contributed by atoms with Gasteiger partial charge < -0.3 is 5.11 Å². The van der Waals surface area contributed by atoms with E-state index in [1.807, 2.05) is 0 Å². The van der Waals surface area contributed by atoms with Gasteiger partial charge >= 0.3 is 11.7 Å². The first-order chi connectivity index (χ1) is 8.50. The van der Waals surface area contributed by atoms with Crippen molar-refractivity contribution in [1.82, 2.24) is 9.55 Å². The Morgan fingerprint density at radius 3 is 2.67 bits per heavy atom. The van der Waals surface area contributed by atoms with Crippen LogP contribution in [0.25, 0.3) is 10.9 Å². The zero-order chi connectivity index (χ0) is 13.3.